The fraction of sp³-hybridized carbons (Fsp3) is 0.0667. The standard InChI is InChI=1S/C15H13N3S/c16-12-6-7-14-13(8-12)15(18-10-17-14)19-9-11-4-2-1-3-5-11/h1-8,10H,9,16H2. The molecule has 4 heteroatoms. The Kier molecular flexibility index (Phi) is 3.33. The highest BCUT2D eigenvalue weighted by Crippen LogP contribution is 2.28. The number of anilines is 1. The molecule has 94 valence electrons. The van der Waals surface area contributed by atoms with Gasteiger partial charge in [-0.15, -0.1) is 11.8 Å². The van der Waals surface area contributed by atoms with Crippen molar-refractivity contribution >= 4 is 28.4 Å². The molecule has 0 bridgehead atoms. The first-order chi connectivity index (χ1) is 9.33. The third-order valence-corrected chi connectivity index (χ3v) is 3.92. The Morgan fingerprint density at radius 1 is 1.00 bits per heavy atom. The van der Waals surface area contributed by atoms with Gasteiger partial charge in [-0.1, -0.05) is 30.3 Å². The minimum Gasteiger partial charge on any atom is -0.399 e. The lowest BCUT2D eigenvalue weighted by molar-refractivity contribution is 1.10. The molecule has 0 fully saturated rings. The molecule has 0 spiro atoms. The predicted molar refractivity (Wildman–Crippen MR) is 80.0 cm³/mol. The van der Waals surface area contributed by atoms with Crippen LogP contribution in [0.1, 0.15) is 5.56 Å². The molecule has 0 atom stereocenters. The summed E-state index contributed by atoms with van der Waals surface area (Å²) in [5, 5.41) is 1.99. The summed E-state index contributed by atoms with van der Waals surface area (Å²) >= 11 is 1.71. The van der Waals surface area contributed by atoms with E-state index in [4.69, 9.17) is 5.73 Å². The van der Waals surface area contributed by atoms with Crippen LogP contribution in [-0.2, 0) is 5.75 Å². The number of thioether (sulfide) groups is 1. The number of nitrogens with zero attached hydrogens (tertiary/aromatic N) is 2. The van der Waals surface area contributed by atoms with Crippen molar-refractivity contribution < 1.29 is 0 Å². The summed E-state index contributed by atoms with van der Waals surface area (Å²) in [6.45, 7) is 0. The molecule has 0 aliphatic rings. The van der Waals surface area contributed by atoms with Gasteiger partial charge in [0.15, 0.2) is 0 Å². The second-order valence-corrected chi connectivity index (χ2v) is 5.19. The van der Waals surface area contributed by atoms with E-state index in [2.05, 4.69) is 22.1 Å². The van der Waals surface area contributed by atoms with Crippen LogP contribution in [0.4, 0.5) is 5.69 Å². The van der Waals surface area contributed by atoms with E-state index in [-0.39, 0.29) is 0 Å². The van der Waals surface area contributed by atoms with E-state index in [0.717, 1.165) is 27.4 Å². The minimum absolute atomic E-state index is 0.740. The summed E-state index contributed by atoms with van der Waals surface area (Å²) in [5.41, 5.74) is 8.79. The lowest BCUT2D eigenvalue weighted by Gasteiger charge is -2.05. The number of fused-ring (bicyclic) bond motifs is 1. The molecule has 0 saturated heterocycles. The molecule has 2 N–H and O–H groups in total. The number of nitrogen functional groups attached to an aromatic ring is 1. The number of aromatic nitrogens is 2. The summed E-state index contributed by atoms with van der Waals surface area (Å²) in [6, 6.07) is 16.1. The second-order valence-electron chi connectivity index (χ2n) is 4.23. The molecule has 2 aromatic carbocycles. The van der Waals surface area contributed by atoms with Crippen LogP contribution < -0.4 is 5.73 Å². The summed E-state index contributed by atoms with van der Waals surface area (Å²) in [4.78, 5) is 8.62. The zero-order chi connectivity index (χ0) is 13.1. The average molecular weight is 267 g/mol. The van der Waals surface area contributed by atoms with Gasteiger partial charge in [-0.25, -0.2) is 9.97 Å². The van der Waals surface area contributed by atoms with Crippen molar-refractivity contribution in [1.29, 1.82) is 0 Å². The van der Waals surface area contributed by atoms with Gasteiger partial charge in [0.05, 0.1) is 5.52 Å². The van der Waals surface area contributed by atoms with Crippen LogP contribution >= 0.6 is 11.8 Å². The van der Waals surface area contributed by atoms with Crippen LogP contribution in [0.3, 0.4) is 0 Å². The van der Waals surface area contributed by atoms with E-state index in [1.165, 1.54) is 5.56 Å². The number of hydrogen-bond acceptors (Lipinski definition) is 4. The molecule has 0 aliphatic carbocycles. The van der Waals surface area contributed by atoms with Crippen molar-refractivity contribution in [2.45, 2.75) is 10.8 Å². The van der Waals surface area contributed by atoms with Gasteiger partial charge < -0.3 is 5.73 Å². The minimum atomic E-state index is 0.740. The van der Waals surface area contributed by atoms with Crippen molar-refractivity contribution in [2.24, 2.45) is 0 Å². The van der Waals surface area contributed by atoms with Crippen molar-refractivity contribution in [1.82, 2.24) is 9.97 Å². The Labute approximate surface area is 115 Å². The van der Waals surface area contributed by atoms with Gasteiger partial charge in [-0.2, -0.15) is 0 Å². The van der Waals surface area contributed by atoms with Crippen molar-refractivity contribution in [3.63, 3.8) is 0 Å². The van der Waals surface area contributed by atoms with Crippen LogP contribution in [0, 0.1) is 0 Å². The molecule has 3 rings (SSSR count). The van der Waals surface area contributed by atoms with Gasteiger partial charge in [-0.3, -0.25) is 0 Å². The zero-order valence-electron chi connectivity index (χ0n) is 10.3. The summed E-state index contributed by atoms with van der Waals surface area (Å²) in [7, 11) is 0. The van der Waals surface area contributed by atoms with Gasteiger partial charge in [0.1, 0.15) is 11.4 Å². The maximum absolute atomic E-state index is 5.84. The van der Waals surface area contributed by atoms with E-state index in [0.29, 0.717) is 0 Å². The van der Waals surface area contributed by atoms with E-state index >= 15 is 0 Å². The highest BCUT2D eigenvalue weighted by molar-refractivity contribution is 7.98. The fourth-order valence-corrected chi connectivity index (χ4v) is 2.83. The predicted octanol–water partition coefficient (Wildman–Crippen LogP) is 3.50. The molecule has 19 heavy (non-hydrogen) atoms. The molecule has 0 radical (unpaired) electrons. The number of benzene rings is 2. The molecule has 0 amide bonds. The maximum Gasteiger partial charge on any atom is 0.117 e. The third kappa shape index (κ3) is 2.69. The Morgan fingerprint density at radius 3 is 2.68 bits per heavy atom. The lowest BCUT2D eigenvalue weighted by Crippen LogP contribution is -1.90. The first kappa shape index (κ1) is 12.0. The first-order valence-electron chi connectivity index (χ1n) is 6.00. The number of rotatable bonds is 3. The Bertz CT molecular complexity index is 698. The molecular weight excluding hydrogens is 254 g/mol. The summed E-state index contributed by atoms with van der Waals surface area (Å²) < 4.78 is 0. The SMILES string of the molecule is Nc1ccc2ncnc(SCc3ccccc3)c2c1. The maximum atomic E-state index is 5.84. The molecule has 0 saturated carbocycles. The van der Waals surface area contributed by atoms with Gasteiger partial charge in [0.25, 0.3) is 0 Å². The molecule has 3 nitrogen and oxygen atoms in total. The topological polar surface area (TPSA) is 51.8 Å². The monoisotopic (exact) mass is 267 g/mol. The average Bonchev–Trinajstić information content (AvgIpc) is 2.46. The smallest absolute Gasteiger partial charge is 0.117 e. The lowest BCUT2D eigenvalue weighted by atomic mass is 10.2. The Balaban J connectivity index is 1.90. The van der Waals surface area contributed by atoms with Crippen LogP contribution in [0.25, 0.3) is 10.9 Å². The van der Waals surface area contributed by atoms with E-state index in [1.807, 2.05) is 36.4 Å². The molecule has 1 heterocycles. The summed E-state index contributed by atoms with van der Waals surface area (Å²) in [6.07, 6.45) is 1.60. The van der Waals surface area contributed by atoms with E-state index in [9.17, 15) is 0 Å². The van der Waals surface area contributed by atoms with Crippen LogP contribution in [0.15, 0.2) is 59.9 Å². The Hall–Kier alpha value is -2.07. The van der Waals surface area contributed by atoms with Gasteiger partial charge in [-0.05, 0) is 23.8 Å². The van der Waals surface area contributed by atoms with Crippen LogP contribution in [0.5, 0.6) is 0 Å². The van der Waals surface area contributed by atoms with Crippen LogP contribution in [0.2, 0.25) is 0 Å². The van der Waals surface area contributed by atoms with Gasteiger partial charge in [0, 0.05) is 16.8 Å². The van der Waals surface area contributed by atoms with Gasteiger partial charge in [0.2, 0.25) is 0 Å². The normalized spacial score (nSPS) is 10.7. The second kappa shape index (κ2) is 5.28. The molecule has 3 aromatic rings. The summed E-state index contributed by atoms with van der Waals surface area (Å²) in [5.74, 6) is 0.891. The molecule has 1 aromatic heterocycles. The largest absolute Gasteiger partial charge is 0.399 e. The van der Waals surface area contributed by atoms with Crippen molar-refractivity contribution in [3.05, 3.63) is 60.4 Å². The fourth-order valence-electron chi connectivity index (χ4n) is 1.89. The first-order valence-corrected chi connectivity index (χ1v) is 6.98. The highest BCUT2D eigenvalue weighted by Gasteiger charge is 2.05. The van der Waals surface area contributed by atoms with E-state index < -0.39 is 0 Å². The van der Waals surface area contributed by atoms with Crippen molar-refractivity contribution in [2.75, 3.05) is 5.73 Å². The molecule has 0 unspecified atom stereocenters. The van der Waals surface area contributed by atoms with Crippen molar-refractivity contribution in [3.8, 4) is 0 Å². The Morgan fingerprint density at radius 2 is 1.84 bits per heavy atom. The number of nitrogens with two attached hydrogens (primary N) is 1. The zero-order valence-corrected chi connectivity index (χ0v) is 11.1. The van der Waals surface area contributed by atoms with Crippen LogP contribution in [-0.4, -0.2) is 9.97 Å². The molecular formula is C15H13N3S. The number of hydrogen-bond donors (Lipinski definition) is 1. The molecule has 0 aliphatic heterocycles. The van der Waals surface area contributed by atoms with Gasteiger partial charge >= 0.3 is 0 Å². The quantitative estimate of drug-likeness (QED) is 0.448. The third-order valence-electron chi connectivity index (χ3n) is 2.84. The highest BCUT2D eigenvalue weighted by atomic mass is 32.2. The van der Waals surface area contributed by atoms with E-state index in [1.54, 1.807) is 18.1 Å².